The van der Waals surface area contributed by atoms with E-state index in [1.165, 1.54) is 26.0 Å². The van der Waals surface area contributed by atoms with Gasteiger partial charge in [-0.25, -0.2) is 22.0 Å². The van der Waals surface area contributed by atoms with Gasteiger partial charge in [0, 0.05) is 23.1 Å². The molecule has 0 fully saturated rings. The molecule has 0 N–H and O–H groups in total. The van der Waals surface area contributed by atoms with Crippen molar-refractivity contribution in [3.05, 3.63) is 112 Å². The largest absolute Gasteiger partial charge is 0.432 e. The molecule has 0 radical (unpaired) electrons. The monoisotopic (exact) mass is 648 g/mol. The number of hydrogen-bond acceptors (Lipinski definition) is 1. The van der Waals surface area contributed by atoms with Crippen molar-refractivity contribution < 1.29 is 48.6 Å². The number of rotatable bonds is 12. The van der Waals surface area contributed by atoms with Crippen LogP contribution in [0.15, 0.2) is 54.6 Å². The summed E-state index contributed by atoms with van der Waals surface area (Å²) in [6, 6.07) is 6.10. The van der Waals surface area contributed by atoms with Gasteiger partial charge in [-0.05, 0) is 73.9 Å². The summed E-state index contributed by atoms with van der Waals surface area (Å²) >= 11 is 0. The second kappa shape index (κ2) is 13.1. The zero-order chi connectivity index (χ0) is 34.1. The van der Waals surface area contributed by atoms with Crippen molar-refractivity contribution in [2.24, 2.45) is 0 Å². The first-order valence-electron chi connectivity index (χ1n) is 14.4. The Morgan fingerprint density at radius 1 is 0.667 bits per heavy atom. The first kappa shape index (κ1) is 36.0. The molecule has 45 heavy (non-hydrogen) atoms. The third-order valence-corrected chi connectivity index (χ3v) is 8.64. The zero-order valence-corrected chi connectivity index (χ0v) is 25.5. The second-order valence-electron chi connectivity index (χ2n) is 11.2. The van der Waals surface area contributed by atoms with Gasteiger partial charge in [0.15, 0.2) is 0 Å². The van der Waals surface area contributed by atoms with E-state index in [-0.39, 0.29) is 36.1 Å². The van der Waals surface area contributed by atoms with E-state index in [1.54, 1.807) is 26.8 Å². The fraction of sp³-hybridized carbons (Fsp3) is 0.412. The van der Waals surface area contributed by atoms with Gasteiger partial charge in [-0.2, -0.15) is 22.0 Å². The minimum absolute atomic E-state index is 0.00461. The van der Waals surface area contributed by atoms with E-state index in [2.05, 4.69) is 11.3 Å². The highest BCUT2D eigenvalue weighted by Crippen LogP contribution is 2.50. The van der Waals surface area contributed by atoms with Gasteiger partial charge in [-0.1, -0.05) is 52.0 Å². The number of benzene rings is 3. The van der Waals surface area contributed by atoms with E-state index >= 15 is 22.0 Å². The van der Waals surface area contributed by atoms with E-state index in [1.807, 2.05) is 0 Å². The summed E-state index contributed by atoms with van der Waals surface area (Å²) in [5.74, 6) is -9.13. The highest BCUT2D eigenvalue weighted by molar-refractivity contribution is 5.45. The first-order valence-corrected chi connectivity index (χ1v) is 14.4. The van der Waals surface area contributed by atoms with Gasteiger partial charge in [-0.15, -0.1) is 0 Å². The van der Waals surface area contributed by atoms with Gasteiger partial charge in [0.05, 0.1) is 0 Å². The Hall–Kier alpha value is -3.50. The molecule has 0 aliphatic carbocycles. The molecule has 3 aromatic carbocycles. The molecule has 246 valence electrons. The van der Waals surface area contributed by atoms with Gasteiger partial charge in [0.25, 0.3) is 0 Å². The Morgan fingerprint density at radius 3 is 1.56 bits per heavy atom. The van der Waals surface area contributed by atoms with Crippen molar-refractivity contribution in [2.45, 2.75) is 89.8 Å². The Labute approximate surface area is 255 Å². The summed E-state index contributed by atoms with van der Waals surface area (Å²) in [5, 5.41) is 0. The van der Waals surface area contributed by atoms with Crippen LogP contribution in [-0.4, -0.2) is 6.11 Å². The molecule has 0 aliphatic heterocycles. The molecular formula is C34H34F10O. The van der Waals surface area contributed by atoms with E-state index < -0.39 is 81.9 Å². The highest BCUT2D eigenvalue weighted by Gasteiger charge is 2.58. The van der Waals surface area contributed by atoms with Crippen LogP contribution in [0.2, 0.25) is 0 Å². The van der Waals surface area contributed by atoms with Crippen molar-refractivity contribution in [1.82, 2.24) is 0 Å². The second-order valence-corrected chi connectivity index (χ2v) is 11.2. The van der Waals surface area contributed by atoms with Gasteiger partial charge < -0.3 is 4.74 Å². The van der Waals surface area contributed by atoms with Gasteiger partial charge in [0.2, 0.25) is 0 Å². The maximum absolute atomic E-state index is 16.0. The first-order chi connectivity index (χ1) is 20.8. The van der Waals surface area contributed by atoms with Crippen LogP contribution in [0, 0.1) is 29.1 Å². The normalized spacial score (nSPS) is 12.9. The van der Waals surface area contributed by atoms with E-state index in [0.717, 1.165) is 17.7 Å². The molecule has 1 nitrogen and oxygen atoms in total. The number of halogens is 10. The Morgan fingerprint density at radius 2 is 1.16 bits per heavy atom. The predicted molar refractivity (Wildman–Crippen MR) is 152 cm³/mol. The molecule has 0 atom stereocenters. The molecule has 11 heteroatoms. The van der Waals surface area contributed by atoms with Crippen LogP contribution >= 0.6 is 0 Å². The third kappa shape index (κ3) is 6.58. The standard InChI is InChI=1S/C34H34F10O/c1-7-31(8-2,23-12-11-20(13-19(5)6)14-24(23)35)21-15-25(36)29(26(37)16-21)32(9-3,10-4)34(43,44)45-22-17-27(38)30(28(39)18-22)33(40,41)42/h11-12,14-18H,5,7-10,13H2,1-4,6H3. The van der Waals surface area contributed by atoms with Crippen molar-refractivity contribution >= 4 is 0 Å². The fourth-order valence-electron chi connectivity index (χ4n) is 6.19. The average Bonchev–Trinajstić information content (AvgIpc) is 2.90. The summed E-state index contributed by atoms with van der Waals surface area (Å²) in [7, 11) is 0. The van der Waals surface area contributed by atoms with Crippen LogP contribution in [0.3, 0.4) is 0 Å². The predicted octanol–water partition coefficient (Wildman–Crippen LogP) is 11.4. The maximum atomic E-state index is 16.0. The smallest absolute Gasteiger partial charge is 0.422 e. The van der Waals surface area contributed by atoms with Crippen LogP contribution in [0.4, 0.5) is 43.9 Å². The van der Waals surface area contributed by atoms with E-state index in [4.69, 9.17) is 0 Å². The van der Waals surface area contributed by atoms with Gasteiger partial charge in [0.1, 0.15) is 45.8 Å². The molecule has 0 unspecified atom stereocenters. The minimum atomic E-state index is -5.46. The van der Waals surface area contributed by atoms with E-state index in [9.17, 15) is 22.0 Å². The fourth-order valence-corrected chi connectivity index (χ4v) is 6.19. The average molecular weight is 649 g/mol. The highest BCUT2D eigenvalue weighted by atomic mass is 19.4. The lowest BCUT2D eigenvalue weighted by Crippen LogP contribution is -2.50. The quantitative estimate of drug-likeness (QED) is 0.140. The molecule has 3 rings (SSSR count). The molecule has 0 amide bonds. The molecule has 0 spiro atoms. The Kier molecular flexibility index (Phi) is 10.5. The summed E-state index contributed by atoms with van der Waals surface area (Å²) in [6.07, 6.45) is -10.5. The van der Waals surface area contributed by atoms with Crippen molar-refractivity contribution in [1.29, 1.82) is 0 Å². The summed E-state index contributed by atoms with van der Waals surface area (Å²) in [5.41, 5.74) is -5.83. The lowest BCUT2D eigenvalue weighted by molar-refractivity contribution is -0.233. The summed E-state index contributed by atoms with van der Waals surface area (Å²) in [4.78, 5) is 0. The summed E-state index contributed by atoms with van der Waals surface area (Å²) in [6.45, 7) is 11.4. The maximum Gasteiger partial charge on any atom is 0.422 e. The Bertz CT molecular complexity index is 1500. The van der Waals surface area contributed by atoms with Gasteiger partial charge in [-0.3, -0.25) is 0 Å². The van der Waals surface area contributed by atoms with Crippen molar-refractivity contribution in [3.63, 3.8) is 0 Å². The Balaban J connectivity index is 2.17. The van der Waals surface area contributed by atoms with E-state index in [0.29, 0.717) is 12.0 Å². The lowest BCUT2D eigenvalue weighted by atomic mass is 9.68. The van der Waals surface area contributed by atoms with Gasteiger partial charge >= 0.3 is 12.3 Å². The van der Waals surface area contributed by atoms with Crippen LogP contribution in [0.1, 0.15) is 88.1 Å². The van der Waals surface area contributed by atoms with Crippen LogP contribution < -0.4 is 4.74 Å². The topological polar surface area (TPSA) is 9.23 Å². The van der Waals surface area contributed by atoms with Crippen molar-refractivity contribution in [3.8, 4) is 5.75 Å². The molecule has 0 aliphatic rings. The van der Waals surface area contributed by atoms with Crippen LogP contribution in [0.5, 0.6) is 5.75 Å². The number of ether oxygens (including phenoxy) is 1. The van der Waals surface area contributed by atoms with Crippen LogP contribution in [0.25, 0.3) is 0 Å². The minimum Gasteiger partial charge on any atom is -0.432 e. The molecule has 0 bridgehead atoms. The molecule has 0 heterocycles. The molecule has 0 saturated carbocycles. The van der Waals surface area contributed by atoms with Crippen LogP contribution in [-0.2, 0) is 23.4 Å². The summed E-state index contributed by atoms with van der Waals surface area (Å²) < 4.78 is 151. The third-order valence-electron chi connectivity index (χ3n) is 8.64. The zero-order valence-electron chi connectivity index (χ0n) is 25.5. The number of allylic oxidation sites excluding steroid dienone is 1. The van der Waals surface area contributed by atoms with Crippen molar-refractivity contribution in [2.75, 3.05) is 0 Å². The number of alkyl halides is 5. The molecule has 3 aromatic rings. The molecule has 0 saturated heterocycles. The number of hydrogen-bond donors (Lipinski definition) is 0. The molecular weight excluding hydrogens is 614 g/mol. The molecule has 0 aromatic heterocycles. The SMILES string of the molecule is C=C(C)Cc1ccc(C(CC)(CC)c2cc(F)c(C(CC)(CC)C(F)(F)Oc3cc(F)c(C(F)(F)F)c(F)c3)c(F)c2)c(F)c1. The lowest BCUT2D eigenvalue weighted by Gasteiger charge is -2.40.